The predicted molar refractivity (Wildman–Crippen MR) is 152 cm³/mol. The van der Waals surface area contributed by atoms with Gasteiger partial charge in [0.25, 0.3) is 0 Å². The Kier molecular flexibility index (Phi) is 6.23. The number of fused-ring (bicyclic) bond motifs is 4. The molecule has 9 nitrogen and oxygen atoms in total. The van der Waals surface area contributed by atoms with Gasteiger partial charge in [0.05, 0.1) is 29.0 Å². The Bertz CT molecular complexity index is 1420. The van der Waals surface area contributed by atoms with Gasteiger partial charge in [-0.1, -0.05) is 13.0 Å². The summed E-state index contributed by atoms with van der Waals surface area (Å²) in [5.74, 6) is 1.11. The first-order valence-electron chi connectivity index (χ1n) is 14.9. The van der Waals surface area contributed by atoms with Gasteiger partial charge in [0, 0.05) is 56.4 Å². The number of nitrogens with zero attached hydrogens (tertiary/aromatic N) is 5. The second kappa shape index (κ2) is 9.51. The van der Waals surface area contributed by atoms with Crippen molar-refractivity contribution in [1.82, 2.24) is 14.9 Å². The Labute approximate surface area is 240 Å². The van der Waals surface area contributed by atoms with E-state index in [2.05, 4.69) is 29.7 Å². The lowest BCUT2D eigenvalue weighted by Gasteiger charge is -2.49. The second-order valence-corrected chi connectivity index (χ2v) is 13.1. The summed E-state index contributed by atoms with van der Waals surface area (Å²) in [6, 6.07) is 6.58. The summed E-state index contributed by atoms with van der Waals surface area (Å²) in [7, 11) is 1.74. The number of halogens is 1. The maximum absolute atomic E-state index is 14.4. The van der Waals surface area contributed by atoms with Crippen molar-refractivity contribution >= 4 is 11.5 Å². The van der Waals surface area contributed by atoms with Crippen molar-refractivity contribution in [2.24, 2.45) is 0 Å². The predicted octanol–water partition coefficient (Wildman–Crippen LogP) is 3.98. The molecule has 10 heteroatoms. The fourth-order valence-electron chi connectivity index (χ4n) is 8.04. The van der Waals surface area contributed by atoms with Crippen LogP contribution in [0.4, 0.5) is 15.9 Å². The van der Waals surface area contributed by atoms with Crippen LogP contribution in [0.5, 0.6) is 6.01 Å². The van der Waals surface area contributed by atoms with Crippen LogP contribution in [-0.2, 0) is 28.1 Å². The van der Waals surface area contributed by atoms with Gasteiger partial charge >= 0.3 is 6.01 Å². The first kappa shape index (κ1) is 26.9. The van der Waals surface area contributed by atoms with Crippen molar-refractivity contribution < 1.29 is 18.6 Å². The van der Waals surface area contributed by atoms with Gasteiger partial charge in [-0.25, -0.2) is 4.39 Å². The number of nitrogen functional groups attached to an aromatic ring is 1. The van der Waals surface area contributed by atoms with Crippen molar-refractivity contribution in [2.75, 3.05) is 50.5 Å². The zero-order valence-electron chi connectivity index (χ0n) is 24.2. The molecule has 5 heterocycles. The van der Waals surface area contributed by atoms with E-state index in [1.165, 1.54) is 0 Å². The van der Waals surface area contributed by atoms with Crippen LogP contribution in [0.15, 0.2) is 12.1 Å². The molecule has 1 aromatic heterocycles. The number of anilines is 2. The number of nitrogens with two attached hydrogens (primary N) is 1. The van der Waals surface area contributed by atoms with Crippen LogP contribution < -0.4 is 15.4 Å². The molecule has 2 N–H and O–H groups in total. The van der Waals surface area contributed by atoms with E-state index in [0.29, 0.717) is 68.9 Å². The van der Waals surface area contributed by atoms with Crippen molar-refractivity contribution in [3.63, 3.8) is 0 Å². The monoisotopic (exact) mass is 562 g/mol. The number of ether oxygens (including phenoxy) is 3. The summed E-state index contributed by atoms with van der Waals surface area (Å²) >= 11 is 0. The smallest absolute Gasteiger partial charge is 0.318 e. The number of nitriles is 1. The van der Waals surface area contributed by atoms with E-state index in [4.69, 9.17) is 29.9 Å². The van der Waals surface area contributed by atoms with Gasteiger partial charge in [0.2, 0.25) is 0 Å². The molecule has 1 spiro atoms. The molecule has 5 aliphatic rings. The summed E-state index contributed by atoms with van der Waals surface area (Å²) in [6.45, 7) is 7.78. The van der Waals surface area contributed by atoms with Crippen molar-refractivity contribution in [3.05, 3.63) is 40.1 Å². The summed E-state index contributed by atoms with van der Waals surface area (Å²) < 4.78 is 33.3. The molecule has 4 unspecified atom stereocenters. The fourth-order valence-corrected chi connectivity index (χ4v) is 8.04. The Balaban J connectivity index is 1.26. The highest BCUT2D eigenvalue weighted by molar-refractivity contribution is 5.64. The summed E-state index contributed by atoms with van der Waals surface area (Å²) in [4.78, 5) is 14.3. The summed E-state index contributed by atoms with van der Waals surface area (Å²) in [6.07, 6.45) is 3.87. The molecule has 1 aliphatic carbocycles. The topological polar surface area (TPSA) is 110 Å². The number of benzene rings is 1. The van der Waals surface area contributed by atoms with Crippen LogP contribution in [0, 0.1) is 11.3 Å². The Morgan fingerprint density at radius 2 is 2.10 bits per heavy atom. The first-order chi connectivity index (χ1) is 19.7. The van der Waals surface area contributed by atoms with E-state index >= 15 is 0 Å². The summed E-state index contributed by atoms with van der Waals surface area (Å²) in [5.41, 5.74) is 9.94. The highest BCUT2D eigenvalue weighted by Gasteiger charge is 2.50. The molecule has 218 valence electrons. The molecule has 3 saturated heterocycles. The maximum Gasteiger partial charge on any atom is 0.318 e. The normalized spacial score (nSPS) is 31.7. The van der Waals surface area contributed by atoms with Gasteiger partial charge in [0.15, 0.2) is 0 Å². The molecular weight excluding hydrogens is 523 g/mol. The van der Waals surface area contributed by atoms with Crippen LogP contribution in [0.1, 0.15) is 79.8 Å². The quantitative estimate of drug-likeness (QED) is 0.541. The van der Waals surface area contributed by atoms with E-state index < -0.39 is 11.8 Å². The standard InChI is InChI=1S/C31H39FN6O3/c1-19-7-9-31(26-21(19)5-6-24(34)22(26)13-33)12-25-23(15-41-31)27(37-16-29(2,17-37)39-3)36-28(35-25)40-18-30-8-4-10-38(30)14-20(32)11-30/h5-6,19-20H,4,7-12,14-18,34H2,1-3H3. The van der Waals surface area contributed by atoms with E-state index in [-0.39, 0.29) is 11.1 Å². The van der Waals surface area contributed by atoms with Gasteiger partial charge < -0.3 is 24.8 Å². The molecular formula is C31H39FN6O3. The third-order valence-electron chi connectivity index (χ3n) is 10.4. The zero-order valence-corrected chi connectivity index (χ0v) is 24.2. The molecule has 7 rings (SSSR count). The van der Waals surface area contributed by atoms with E-state index in [0.717, 1.165) is 60.4 Å². The average Bonchev–Trinajstić information content (AvgIpc) is 3.47. The first-order valence-corrected chi connectivity index (χ1v) is 14.9. The highest BCUT2D eigenvalue weighted by Crippen LogP contribution is 2.51. The molecule has 4 aliphatic heterocycles. The number of aromatic nitrogens is 2. The van der Waals surface area contributed by atoms with Gasteiger partial charge in [0.1, 0.15) is 30.3 Å². The minimum Gasteiger partial charge on any atom is -0.461 e. The van der Waals surface area contributed by atoms with Crippen molar-refractivity contribution in [1.29, 1.82) is 5.26 Å². The molecule has 41 heavy (non-hydrogen) atoms. The van der Waals surface area contributed by atoms with Crippen LogP contribution in [0.25, 0.3) is 0 Å². The van der Waals surface area contributed by atoms with Crippen molar-refractivity contribution in [2.45, 2.75) is 87.8 Å². The summed E-state index contributed by atoms with van der Waals surface area (Å²) in [5, 5.41) is 10.1. The van der Waals surface area contributed by atoms with Crippen LogP contribution in [0.2, 0.25) is 0 Å². The molecule has 0 radical (unpaired) electrons. The van der Waals surface area contributed by atoms with Crippen LogP contribution in [-0.4, -0.2) is 72.1 Å². The average molecular weight is 563 g/mol. The molecule has 3 fully saturated rings. The van der Waals surface area contributed by atoms with E-state index in [9.17, 15) is 9.65 Å². The Morgan fingerprint density at radius 1 is 1.27 bits per heavy atom. The third-order valence-corrected chi connectivity index (χ3v) is 10.4. The van der Waals surface area contributed by atoms with Crippen molar-refractivity contribution in [3.8, 4) is 12.1 Å². The maximum atomic E-state index is 14.4. The van der Waals surface area contributed by atoms with E-state index in [1.807, 2.05) is 12.1 Å². The largest absolute Gasteiger partial charge is 0.461 e. The van der Waals surface area contributed by atoms with Gasteiger partial charge in [-0.3, -0.25) is 4.90 Å². The minimum absolute atomic E-state index is 0.240. The Hall–Kier alpha value is -3.00. The van der Waals surface area contributed by atoms with Crippen LogP contribution in [0.3, 0.4) is 0 Å². The minimum atomic E-state index is -0.820. The number of rotatable bonds is 5. The lowest BCUT2D eigenvalue weighted by Crippen LogP contribution is -2.61. The molecule has 2 aromatic rings. The number of methoxy groups -OCH3 is 1. The molecule has 0 saturated carbocycles. The fraction of sp³-hybridized carbons (Fsp3) is 0.645. The molecule has 4 atom stereocenters. The van der Waals surface area contributed by atoms with Gasteiger partial charge in [-0.15, -0.1) is 0 Å². The second-order valence-electron chi connectivity index (χ2n) is 13.1. The zero-order chi connectivity index (χ0) is 28.6. The SMILES string of the molecule is COC1(C)CN(c2nc(OCC34CCCN3CC(F)C4)nc3c2COC2(CCC(C)c4ccc(N)c(C#N)c42)C3)C1. The highest BCUT2D eigenvalue weighted by atomic mass is 19.1. The Morgan fingerprint density at radius 3 is 2.88 bits per heavy atom. The molecule has 0 bridgehead atoms. The molecule has 1 aromatic carbocycles. The van der Waals surface area contributed by atoms with Crippen LogP contribution >= 0.6 is 0 Å². The van der Waals surface area contributed by atoms with Gasteiger partial charge in [-0.05, 0) is 56.7 Å². The van der Waals surface area contributed by atoms with Gasteiger partial charge in [-0.2, -0.15) is 15.2 Å². The third kappa shape index (κ3) is 4.19. The number of hydrogen-bond acceptors (Lipinski definition) is 9. The lowest BCUT2D eigenvalue weighted by molar-refractivity contribution is -0.0876. The molecule has 0 amide bonds. The number of alkyl halides is 1. The number of hydrogen-bond donors (Lipinski definition) is 1. The lowest BCUT2D eigenvalue weighted by atomic mass is 9.69. The van der Waals surface area contributed by atoms with E-state index in [1.54, 1.807) is 7.11 Å².